The molecular weight excluding hydrogens is 388 g/mol. The van der Waals surface area contributed by atoms with E-state index >= 15 is 0 Å². The first-order chi connectivity index (χ1) is 13.5. The van der Waals surface area contributed by atoms with Crippen LogP contribution in [0.4, 0.5) is 11.4 Å². The number of aryl methyl sites for hydroxylation is 2. The zero-order valence-corrected chi connectivity index (χ0v) is 17.3. The first-order valence-corrected chi connectivity index (χ1v) is 10.9. The van der Waals surface area contributed by atoms with Crippen molar-refractivity contribution in [3.05, 3.63) is 81.5 Å². The van der Waals surface area contributed by atoms with Gasteiger partial charge in [-0.3, -0.25) is 14.5 Å². The molecular formula is C22H20N2O2S2. The van der Waals surface area contributed by atoms with Crippen LogP contribution in [-0.2, 0) is 4.79 Å². The quantitative estimate of drug-likeness (QED) is 0.629. The summed E-state index contributed by atoms with van der Waals surface area (Å²) >= 11 is 3.02. The van der Waals surface area contributed by atoms with Crippen LogP contribution in [0.15, 0.2) is 60.0 Å². The second kappa shape index (κ2) is 7.81. The van der Waals surface area contributed by atoms with Crippen molar-refractivity contribution < 1.29 is 9.59 Å². The summed E-state index contributed by atoms with van der Waals surface area (Å²) in [7, 11) is 0. The molecule has 0 aliphatic carbocycles. The fraction of sp³-hybridized carbons (Fsp3) is 0.182. The van der Waals surface area contributed by atoms with Crippen molar-refractivity contribution in [2.45, 2.75) is 19.2 Å². The minimum absolute atomic E-state index is 0.104. The third-order valence-corrected chi connectivity index (χ3v) is 6.74. The maximum absolute atomic E-state index is 12.7. The molecule has 6 heteroatoms. The summed E-state index contributed by atoms with van der Waals surface area (Å²) in [5, 5.41) is 4.73. The number of nitrogens with one attached hydrogen (secondary N) is 1. The highest BCUT2D eigenvalue weighted by atomic mass is 32.2. The number of anilines is 2. The summed E-state index contributed by atoms with van der Waals surface area (Å²) in [4.78, 5) is 27.6. The number of hydrogen-bond acceptors (Lipinski definition) is 4. The average molecular weight is 409 g/mol. The van der Waals surface area contributed by atoms with E-state index in [1.165, 1.54) is 16.9 Å². The van der Waals surface area contributed by atoms with Crippen molar-refractivity contribution >= 4 is 46.3 Å². The van der Waals surface area contributed by atoms with Crippen LogP contribution in [0.1, 0.15) is 31.7 Å². The van der Waals surface area contributed by atoms with E-state index in [0.717, 1.165) is 22.5 Å². The number of thioether (sulfide) groups is 1. The monoisotopic (exact) mass is 408 g/mol. The summed E-state index contributed by atoms with van der Waals surface area (Å²) in [6.45, 7) is 4.09. The van der Waals surface area contributed by atoms with Crippen LogP contribution in [0.3, 0.4) is 0 Å². The second-order valence-electron chi connectivity index (χ2n) is 6.77. The number of amides is 2. The molecule has 1 N–H and O–H groups in total. The van der Waals surface area contributed by atoms with Gasteiger partial charge in [0.15, 0.2) is 0 Å². The van der Waals surface area contributed by atoms with Crippen LogP contribution < -0.4 is 10.2 Å². The summed E-state index contributed by atoms with van der Waals surface area (Å²) in [5.74, 6) is 0.438. The highest BCUT2D eigenvalue weighted by Gasteiger charge is 2.34. The summed E-state index contributed by atoms with van der Waals surface area (Å²) in [5.41, 5.74) is 4.94. The van der Waals surface area contributed by atoms with Crippen molar-refractivity contribution in [1.29, 1.82) is 0 Å². The van der Waals surface area contributed by atoms with Crippen molar-refractivity contribution in [2.75, 3.05) is 16.0 Å². The molecule has 4 nitrogen and oxygen atoms in total. The molecule has 0 spiro atoms. The first-order valence-electron chi connectivity index (χ1n) is 8.98. The van der Waals surface area contributed by atoms with E-state index in [9.17, 15) is 9.59 Å². The van der Waals surface area contributed by atoms with Gasteiger partial charge in [0.1, 0.15) is 5.37 Å². The lowest BCUT2D eigenvalue weighted by atomic mass is 10.1. The second-order valence-corrected chi connectivity index (χ2v) is 8.79. The number of nitrogens with zero attached hydrogens (tertiary/aromatic N) is 1. The van der Waals surface area contributed by atoms with Crippen molar-refractivity contribution in [3.8, 4) is 0 Å². The van der Waals surface area contributed by atoms with Gasteiger partial charge in [-0.05, 0) is 54.6 Å². The van der Waals surface area contributed by atoms with Gasteiger partial charge >= 0.3 is 0 Å². The van der Waals surface area contributed by atoms with Gasteiger partial charge < -0.3 is 5.32 Å². The predicted octanol–water partition coefficient (Wildman–Crippen LogP) is 5.40. The molecule has 2 heterocycles. The van der Waals surface area contributed by atoms with Gasteiger partial charge in [0.25, 0.3) is 5.91 Å². The SMILES string of the molecule is Cc1ccc(N2C(=O)CSC2c2cccc(NC(=O)c3cccs3)c2)c(C)c1. The largest absolute Gasteiger partial charge is 0.321 e. The molecule has 3 aromatic rings. The van der Waals surface area contributed by atoms with Crippen molar-refractivity contribution in [3.63, 3.8) is 0 Å². The predicted molar refractivity (Wildman–Crippen MR) is 117 cm³/mol. The van der Waals surface area contributed by atoms with E-state index in [2.05, 4.69) is 18.3 Å². The van der Waals surface area contributed by atoms with E-state index < -0.39 is 0 Å². The van der Waals surface area contributed by atoms with Crippen LogP contribution >= 0.6 is 23.1 Å². The Balaban J connectivity index is 1.62. The molecule has 1 aromatic heterocycles. The number of thiophene rings is 1. The zero-order valence-electron chi connectivity index (χ0n) is 15.6. The van der Waals surface area contributed by atoms with Gasteiger partial charge in [-0.25, -0.2) is 0 Å². The van der Waals surface area contributed by atoms with Crippen LogP contribution in [0.2, 0.25) is 0 Å². The Morgan fingerprint density at radius 2 is 1.96 bits per heavy atom. The fourth-order valence-electron chi connectivity index (χ4n) is 3.38. The smallest absolute Gasteiger partial charge is 0.265 e. The van der Waals surface area contributed by atoms with Gasteiger partial charge in [-0.2, -0.15) is 0 Å². The molecule has 1 aliphatic heterocycles. The van der Waals surface area contributed by atoms with E-state index in [1.807, 2.05) is 59.7 Å². The standard InChI is InChI=1S/C22H20N2O2S2/c1-14-8-9-18(15(2)11-14)24-20(25)13-28-22(24)16-5-3-6-17(12-16)23-21(26)19-7-4-10-27-19/h3-12,22H,13H2,1-2H3,(H,23,26). The Bertz CT molecular complexity index is 1030. The molecule has 0 saturated carbocycles. The number of carbonyl (C=O) groups excluding carboxylic acids is 2. The van der Waals surface area contributed by atoms with Gasteiger partial charge in [0.05, 0.1) is 10.6 Å². The molecule has 28 heavy (non-hydrogen) atoms. The molecule has 1 fully saturated rings. The summed E-state index contributed by atoms with van der Waals surface area (Å²) in [6.07, 6.45) is 0. The normalized spacial score (nSPS) is 16.4. The Labute approximate surface area is 172 Å². The Hall–Kier alpha value is -2.57. The molecule has 2 amide bonds. The summed E-state index contributed by atoms with van der Waals surface area (Å²) in [6, 6.07) is 17.6. The number of hydrogen-bond donors (Lipinski definition) is 1. The lowest BCUT2D eigenvalue weighted by Gasteiger charge is -2.26. The van der Waals surface area contributed by atoms with Crippen LogP contribution in [0.5, 0.6) is 0 Å². The third kappa shape index (κ3) is 3.70. The van der Waals surface area contributed by atoms with Gasteiger partial charge in [0.2, 0.25) is 5.91 Å². The third-order valence-electron chi connectivity index (χ3n) is 4.65. The minimum atomic E-state index is -0.117. The molecule has 2 aromatic carbocycles. The molecule has 1 aliphatic rings. The fourth-order valence-corrected chi connectivity index (χ4v) is 5.15. The van der Waals surface area contributed by atoms with E-state index in [4.69, 9.17) is 0 Å². The van der Waals surface area contributed by atoms with Crippen LogP contribution in [0.25, 0.3) is 0 Å². The number of carbonyl (C=O) groups is 2. The molecule has 1 unspecified atom stereocenters. The average Bonchev–Trinajstić information content (AvgIpc) is 3.32. The number of rotatable bonds is 4. The molecule has 1 saturated heterocycles. The Morgan fingerprint density at radius 1 is 1.11 bits per heavy atom. The molecule has 0 radical (unpaired) electrons. The van der Waals surface area contributed by atoms with Gasteiger partial charge in [-0.1, -0.05) is 35.9 Å². The molecule has 0 bridgehead atoms. The molecule has 1 atom stereocenters. The van der Waals surface area contributed by atoms with Crippen molar-refractivity contribution in [2.24, 2.45) is 0 Å². The van der Waals surface area contributed by atoms with E-state index in [-0.39, 0.29) is 17.2 Å². The van der Waals surface area contributed by atoms with Crippen molar-refractivity contribution in [1.82, 2.24) is 0 Å². The van der Waals surface area contributed by atoms with Crippen LogP contribution in [-0.4, -0.2) is 17.6 Å². The van der Waals surface area contributed by atoms with Crippen LogP contribution in [0, 0.1) is 13.8 Å². The maximum atomic E-state index is 12.7. The Kier molecular flexibility index (Phi) is 5.24. The van der Waals surface area contributed by atoms with E-state index in [0.29, 0.717) is 10.6 Å². The number of benzene rings is 2. The topological polar surface area (TPSA) is 49.4 Å². The lowest BCUT2D eigenvalue weighted by molar-refractivity contribution is -0.115. The van der Waals surface area contributed by atoms with Gasteiger partial charge in [0, 0.05) is 11.4 Å². The van der Waals surface area contributed by atoms with Gasteiger partial charge in [-0.15, -0.1) is 23.1 Å². The maximum Gasteiger partial charge on any atom is 0.265 e. The highest BCUT2D eigenvalue weighted by Crippen LogP contribution is 2.43. The molecule has 142 valence electrons. The summed E-state index contributed by atoms with van der Waals surface area (Å²) < 4.78 is 0. The first kappa shape index (κ1) is 18.8. The lowest BCUT2D eigenvalue weighted by Crippen LogP contribution is -2.28. The molecule has 4 rings (SSSR count). The minimum Gasteiger partial charge on any atom is -0.321 e. The highest BCUT2D eigenvalue weighted by molar-refractivity contribution is 8.00. The zero-order chi connectivity index (χ0) is 19.7. The van der Waals surface area contributed by atoms with E-state index in [1.54, 1.807) is 17.8 Å². The Morgan fingerprint density at radius 3 is 2.71 bits per heavy atom.